The van der Waals surface area contributed by atoms with E-state index in [1.54, 1.807) is 13.0 Å². The third-order valence-corrected chi connectivity index (χ3v) is 3.50. The molecule has 21 heavy (non-hydrogen) atoms. The third kappa shape index (κ3) is 5.34. The van der Waals surface area contributed by atoms with Gasteiger partial charge in [0.1, 0.15) is 11.4 Å². The van der Waals surface area contributed by atoms with E-state index >= 15 is 0 Å². The largest absolute Gasteiger partial charge is 0.480 e. The number of carboxylic acid groups (broad SMARTS) is 1. The molecule has 0 heterocycles. The van der Waals surface area contributed by atoms with Crippen LogP contribution < -0.4 is 10.2 Å². The highest BCUT2D eigenvalue weighted by atomic mass is 19.1. The topological polar surface area (TPSA) is 52.6 Å². The number of halogens is 1. The molecule has 4 nitrogen and oxygen atoms in total. The Morgan fingerprint density at radius 2 is 2.14 bits per heavy atom. The van der Waals surface area contributed by atoms with E-state index in [9.17, 15) is 14.3 Å². The smallest absolute Gasteiger partial charge is 0.323 e. The number of anilines is 1. The van der Waals surface area contributed by atoms with E-state index in [1.807, 2.05) is 31.9 Å². The molecule has 118 valence electrons. The molecule has 0 fully saturated rings. The Bertz CT molecular complexity index is 479. The van der Waals surface area contributed by atoms with Crippen molar-refractivity contribution in [1.29, 1.82) is 0 Å². The van der Waals surface area contributed by atoms with Crippen LogP contribution in [0.3, 0.4) is 0 Å². The Morgan fingerprint density at radius 1 is 1.48 bits per heavy atom. The summed E-state index contributed by atoms with van der Waals surface area (Å²) in [5.74, 6) is -1.11. The molecule has 1 rings (SSSR count). The van der Waals surface area contributed by atoms with E-state index in [4.69, 9.17) is 0 Å². The van der Waals surface area contributed by atoms with Crippen LogP contribution in [0.5, 0.6) is 0 Å². The van der Waals surface area contributed by atoms with Crippen molar-refractivity contribution in [2.75, 3.05) is 18.5 Å². The average molecular weight is 296 g/mol. The first-order valence-corrected chi connectivity index (χ1v) is 7.22. The molecule has 1 atom stereocenters. The van der Waals surface area contributed by atoms with E-state index < -0.39 is 11.5 Å². The van der Waals surface area contributed by atoms with Gasteiger partial charge in [0.05, 0.1) is 0 Å². The molecule has 5 heteroatoms. The second-order valence-electron chi connectivity index (χ2n) is 5.94. The molecule has 0 amide bonds. The molecule has 0 saturated carbocycles. The summed E-state index contributed by atoms with van der Waals surface area (Å²) >= 11 is 0. The van der Waals surface area contributed by atoms with Crippen LogP contribution in [0.15, 0.2) is 24.3 Å². The number of hydrogen-bond donors (Lipinski definition) is 2. The van der Waals surface area contributed by atoms with Gasteiger partial charge in [0.25, 0.3) is 0 Å². The van der Waals surface area contributed by atoms with Crippen molar-refractivity contribution in [3.05, 3.63) is 30.1 Å². The van der Waals surface area contributed by atoms with Crippen LogP contribution in [0.1, 0.15) is 33.6 Å². The Hall–Kier alpha value is -1.62. The van der Waals surface area contributed by atoms with Gasteiger partial charge in [0.15, 0.2) is 0 Å². The van der Waals surface area contributed by atoms with E-state index in [0.29, 0.717) is 19.4 Å². The van der Waals surface area contributed by atoms with Gasteiger partial charge in [0.2, 0.25) is 0 Å². The number of benzene rings is 1. The van der Waals surface area contributed by atoms with Gasteiger partial charge in [-0.3, -0.25) is 10.1 Å². The van der Waals surface area contributed by atoms with Crippen LogP contribution in [0.25, 0.3) is 0 Å². The van der Waals surface area contributed by atoms with E-state index in [2.05, 4.69) is 5.32 Å². The fourth-order valence-corrected chi connectivity index (χ4v) is 2.39. The number of nitrogens with zero attached hydrogens (tertiary/aromatic N) is 1. The fourth-order valence-electron chi connectivity index (χ4n) is 2.39. The maximum atomic E-state index is 13.2. The molecule has 2 N–H and O–H groups in total. The molecule has 1 aromatic carbocycles. The third-order valence-electron chi connectivity index (χ3n) is 3.50. The first-order chi connectivity index (χ1) is 9.74. The molecule has 0 aliphatic heterocycles. The second kappa shape index (κ2) is 7.41. The number of hydrogen-bond acceptors (Lipinski definition) is 3. The Kier molecular flexibility index (Phi) is 6.15. The highest BCUT2D eigenvalue weighted by Crippen LogP contribution is 2.18. The van der Waals surface area contributed by atoms with E-state index in [-0.39, 0.29) is 11.9 Å². The first kappa shape index (κ1) is 17.4. The standard InChI is InChI=1S/C16H25FN2O2/c1-12(2)18-16(3,15(20)21)9-6-10-19(4)14-8-5-7-13(17)11-14/h5,7-8,11-12,18H,6,9-10H2,1-4H3,(H,20,21). The predicted molar refractivity (Wildman–Crippen MR) is 83.2 cm³/mol. The maximum Gasteiger partial charge on any atom is 0.323 e. The molecule has 0 aromatic heterocycles. The molecule has 0 saturated heterocycles. The second-order valence-corrected chi connectivity index (χ2v) is 5.94. The summed E-state index contributed by atoms with van der Waals surface area (Å²) in [5.41, 5.74) is -0.138. The minimum atomic E-state index is -0.934. The number of aliphatic carboxylic acids is 1. The van der Waals surface area contributed by atoms with Crippen molar-refractivity contribution < 1.29 is 14.3 Å². The van der Waals surface area contributed by atoms with E-state index in [1.165, 1.54) is 12.1 Å². The van der Waals surface area contributed by atoms with Crippen LogP contribution in [0.2, 0.25) is 0 Å². The molecule has 0 spiro atoms. The summed E-state index contributed by atoms with van der Waals surface area (Å²) in [6.45, 7) is 6.24. The molecule has 0 bridgehead atoms. The van der Waals surface area contributed by atoms with Gasteiger partial charge >= 0.3 is 5.97 Å². The van der Waals surface area contributed by atoms with Gasteiger partial charge in [-0.05, 0) is 51.8 Å². The van der Waals surface area contributed by atoms with Gasteiger partial charge in [-0.15, -0.1) is 0 Å². The van der Waals surface area contributed by atoms with E-state index in [0.717, 1.165) is 5.69 Å². The predicted octanol–water partition coefficient (Wildman–Crippen LogP) is 2.88. The van der Waals surface area contributed by atoms with Crippen LogP contribution in [-0.4, -0.2) is 36.2 Å². The molecule has 0 aliphatic carbocycles. The van der Waals surface area contributed by atoms with Crippen LogP contribution in [-0.2, 0) is 4.79 Å². The van der Waals surface area contributed by atoms with Crippen molar-refractivity contribution in [3.63, 3.8) is 0 Å². The van der Waals surface area contributed by atoms with Crippen LogP contribution in [0, 0.1) is 5.82 Å². The fraction of sp³-hybridized carbons (Fsp3) is 0.562. The molecule has 0 aliphatic rings. The van der Waals surface area contributed by atoms with Crippen molar-refractivity contribution in [1.82, 2.24) is 5.32 Å². The Balaban J connectivity index is 2.56. The number of carbonyl (C=O) groups is 1. The molecule has 1 aromatic rings. The molecule has 1 unspecified atom stereocenters. The van der Waals surface area contributed by atoms with Crippen molar-refractivity contribution in [2.24, 2.45) is 0 Å². The van der Waals surface area contributed by atoms with Crippen LogP contribution in [0.4, 0.5) is 10.1 Å². The summed E-state index contributed by atoms with van der Waals surface area (Å²) < 4.78 is 13.2. The lowest BCUT2D eigenvalue weighted by Crippen LogP contribution is -2.52. The molecular weight excluding hydrogens is 271 g/mol. The highest BCUT2D eigenvalue weighted by molar-refractivity contribution is 5.78. The Labute approximate surface area is 126 Å². The zero-order chi connectivity index (χ0) is 16.0. The number of carboxylic acids is 1. The first-order valence-electron chi connectivity index (χ1n) is 7.22. The molecular formula is C16H25FN2O2. The van der Waals surface area contributed by atoms with Crippen molar-refractivity contribution in [3.8, 4) is 0 Å². The van der Waals surface area contributed by atoms with Gasteiger partial charge in [0, 0.05) is 25.3 Å². The SMILES string of the molecule is CC(C)NC(C)(CCCN(C)c1cccc(F)c1)C(=O)O. The van der Waals surface area contributed by atoms with Crippen molar-refractivity contribution >= 4 is 11.7 Å². The quantitative estimate of drug-likeness (QED) is 0.774. The summed E-state index contributed by atoms with van der Waals surface area (Å²) in [6, 6.07) is 6.50. The zero-order valence-electron chi connectivity index (χ0n) is 13.2. The summed E-state index contributed by atoms with van der Waals surface area (Å²) in [5, 5.41) is 12.5. The van der Waals surface area contributed by atoms with Crippen molar-refractivity contribution in [2.45, 2.75) is 45.2 Å². The zero-order valence-corrected chi connectivity index (χ0v) is 13.2. The summed E-state index contributed by atoms with van der Waals surface area (Å²) in [7, 11) is 1.88. The maximum absolute atomic E-state index is 13.2. The minimum absolute atomic E-state index is 0.104. The normalized spacial score (nSPS) is 14.0. The lowest BCUT2D eigenvalue weighted by atomic mass is 9.94. The lowest BCUT2D eigenvalue weighted by molar-refractivity contribution is -0.144. The van der Waals surface area contributed by atoms with Crippen LogP contribution >= 0.6 is 0 Å². The monoisotopic (exact) mass is 296 g/mol. The number of nitrogens with one attached hydrogen (secondary N) is 1. The number of rotatable bonds is 8. The average Bonchev–Trinajstić information content (AvgIpc) is 2.37. The van der Waals surface area contributed by atoms with Gasteiger partial charge in [-0.25, -0.2) is 4.39 Å². The minimum Gasteiger partial charge on any atom is -0.480 e. The summed E-state index contributed by atoms with van der Waals surface area (Å²) in [4.78, 5) is 13.4. The van der Waals surface area contributed by atoms with Gasteiger partial charge < -0.3 is 10.0 Å². The van der Waals surface area contributed by atoms with Gasteiger partial charge in [-0.2, -0.15) is 0 Å². The molecule has 0 radical (unpaired) electrons. The Morgan fingerprint density at radius 3 is 2.67 bits per heavy atom. The summed E-state index contributed by atoms with van der Waals surface area (Å²) in [6.07, 6.45) is 1.22. The highest BCUT2D eigenvalue weighted by Gasteiger charge is 2.32. The van der Waals surface area contributed by atoms with Gasteiger partial charge in [-0.1, -0.05) is 6.07 Å². The lowest BCUT2D eigenvalue weighted by Gasteiger charge is -2.29.